The van der Waals surface area contributed by atoms with Crippen LogP contribution in [0.25, 0.3) is 0 Å². The molecule has 3 atom stereocenters. The van der Waals surface area contributed by atoms with Gasteiger partial charge in [-0.05, 0) is 36.6 Å². The van der Waals surface area contributed by atoms with Gasteiger partial charge in [0.2, 0.25) is 22.2 Å². The minimum atomic E-state index is -1.89. The second kappa shape index (κ2) is 8.01. The second-order valence-corrected chi connectivity index (χ2v) is 9.15. The third-order valence-corrected chi connectivity index (χ3v) is 7.62. The minimum Gasteiger partial charge on any atom is -0.399 e. The molecule has 4 nitrogen and oxygen atoms in total. The van der Waals surface area contributed by atoms with Gasteiger partial charge in [-0.2, -0.15) is 0 Å². The Labute approximate surface area is 158 Å². The molecule has 1 fully saturated rings. The fourth-order valence-electron chi connectivity index (χ4n) is 2.87. The van der Waals surface area contributed by atoms with Crippen molar-refractivity contribution >= 4 is 22.2 Å². The molecule has 3 unspecified atom stereocenters. The van der Waals surface area contributed by atoms with Crippen molar-refractivity contribution in [1.82, 2.24) is 0 Å². The molecular weight excluding hydrogens is 368 g/mol. The fourth-order valence-corrected chi connectivity index (χ4v) is 5.63. The summed E-state index contributed by atoms with van der Waals surface area (Å²) in [5.41, 5.74) is 0.829. The quantitative estimate of drug-likeness (QED) is 0.663. The summed E-state index contributed by atoms with van der Waals surface area (Å²) >= 11 is -3.77. The molecule has 3 rings (SSSR count). The Bertz CT molecular complexity index is 780. The molecule has 26 heavy (non-hydrogen) atoms. The molecule has 0 bridgehead atoms. The summed E-state index contributed by atoms with van der Waals surface area (Å²) in [7, 11) is 0. The van der Waals surface area contributed by atoms with Crippen LogP contribution >= 0.6 is 0 Å². The Hall–Kier alpha value is -2.18. The highest BCUT2D eigenvalue weighted by atomic mass is 32.3. The number of allylic oxidation sites excluding steroid dienone is 2. The lowest BCUT2D eigenvalue weighted by molar-refractivity contribution is 0.503. The maximum Gasteiger partial charge on any atom is 0.229 e. The van der Waals surface area contributed by atoms with E-state index in [1.165, 1.54) is 0 Å². The maximum absolute atomic E-state index is 13.1. The average Bonchev–Trinajstić information content (AvgIpc) is 3.01. The molecule has 136 valence electrons. The summed E-state index contributed by atoms with van der Waals surface area (Å²) in [5, 5.41) is 0. The van der Waals surface area contributed by atoms with Gasteiger partial charge < -0.3 is 8.37 Å². The predicted molar refractivity (Wildman–Crippen MR) is 105 cm³/mol. The normalized spacial score (nSPS) is 24.6. The molecule has 0 N–H and O–H groups in total. The van der Waals surface area contributed by atoms with Crippen molar-refractivity contribution in [3.05, 3.63) is 85.5 Å². The molecule has 6 heteroatoms. The average molecular weight is 389 g/mol. The van der Waals surface area contributed by atoms with Crippen molar-refractivity contribution in [3.8, 4) is 11.5 Å². The van der Waals surface area contributed by atoms with Crippen molar-refractivity contribution < 1.29 is 16.8 Å². The number of para-hydroxylation sites is 2. The van der Waals surface area contributed by atoms with E-state index in [4.69, 9.17) is 8.37 Å². The molecule has 1 saturated carbocycles. The lowest BCUT2D eigenvalue weighted by Gasteiger charge is -2.25. The molecule has 0 saturated heterocycles. The summed E-state index contributed by atoms with van der Waals surface area (Å²) in [6.07, 6.45) is 2.36. The monoisotopic (exact) mass is 388 g/mol. The van der Waals surface area contributed by atoms with E-state index in [0.717, 1.165) is 5.57 Å². The second-order valence-electron chi connectivity index (χ2n) is 6.05. The standard InChI is InChI=1S/C20H20O4S2/c1-3-17-15-20(14-16(17)2,25(21)23-18-10-6-4-7-11-18)26(22)24-19-12-8-5-9-13-19/h3-13,17H,1-2,14-15H2. The molecule has 0 amide bonds. The van der Waals surface area contributed by atoms with Crippen molar-refractivity contribution in [2.75, 3.05) is 0 Å². The molecule has 0 aliphatic heterocycles. The van der Waals surface area contributed by atoms with Crippen molar-refractivity contribution in [3.63, 3.8) is 0 Å². The van der Waals surface area contributed by atoms with Gasteiger partial charge in [0.15, 0.2) is 4.08 Å². The van der Waals surface area contributed by atoms with Gasteiger partial charge in [-0.25, -0.2) is 8.42 Å². The SMILES string of the molecule is C=CC1CC(S(=O)Oc2ccccc2)(S(=O)Oc2ccccc2)CC1=C. The maximum atomic E-state index is 13.1. The van der Waals surface area contributed by atoms with E-state index in [2.05, 4.69) is 13.2 Å². The van der Waals surface area contributed by atoms with Crippen molar-refractivity contribution in [2.24, 2.45) is 5.92 Å². The number of rotatable bonds is 7. The minimum absolute atomic E-state index is 0.0818. The van der Waals surface area contributed by atoms with Gasteiger partial charge in [-0.15, -0.1) is 6.58 Å². The van der Waals surface area contributed by atoms with Crippen LogP contribution in [0, 0.1) is 5.92 Å². The van der Waals surface area contributed by atoms with Gasteiger partial charge in [0.1, 0.15) is 11.5 Å². The molecule has 1 aliphatic carbocycles. The van der Waals surface area contributed by atoms with Crippen LogP contribution in [0.4, 0.5) is 0 Å². The van der Waals surface area contributed by atoms with Crippen LogP contribution < -0.4 is 8.37 Å². The van der Waals surface area contributed by atoms with E-state index in [9.17, 15) is 8.42 Å². The van der Waals surface area contributed by atoms with Crippen molar-refractivity contribution in [1.29, 1.82) is 0 Å². The number of hydrogen-bond donors (Lipinski definition) is 0. The highest BCUT2D eigenvalue weighted by Crippen LogP contribution is 2.45. The molecule has 1 aliphatic rings. The molecular formula is C20H20O4S2. The van der Waals surface area contributed by atoms with E-state index in [0.29, 0.717) is 17.9 Å². The summed E-state index contributed by atoms with van der Waals surface area (Å²) < 4.78 is 36.3. The van der Waals surface area contributed by atoms with Gasteiger partial charge >= 0.3 is 0 Å². The smallest absolute Gasteiger partial charge is 0.229 e. The van der Waals surface area contributed by atoms with E-state index >= 15 is 0 Å². The summed E-state index contributed by atoms with van der Waals surface area (Å²) in [6, 6.07) is 17.7. The van der Waals surface area contributed by atoms with Gasteiger partial charge in [-0.1, -0.05) is 54.6 Å². The first-order valence-corrected chi connectivity index (χ1v) is 10.3. The topological polar surface area (TPSA) is 52.6 Å². The van der Waals surface area contributed by atoms with E-state index in [1.54, 1.807) is 54.6 Å². The third-order valence-electron chi connectivity index (χ3n) is 4.27. The van der Waals surface area contributed by atoms with Crippen LogP contribution in [0.2, 0.25) is 0 Å². The number of hydrogen-bond acceptors (Lipinski definition) is 4. The first-order chi connectivity index (χ1) is 12.5. The Morgan fingerprint density at radius 1 is 0.923 bits per heavy atom. The Kier molecular flexibility index (Phi) is 5.74. The summed E-state index contributed by atoms with van der Waals surface area (Å²) in [5.74, 6) is 0.825. The molecule has 0 aromatic heterocycles. The van der Waals surface area contributed by atoms with Crippen LogP contribution in [0.15, 0.2) is 85.5 Å². The van der Waals surface area contributed by atoms with Gasteiger partial charge in [-0.3, -0.25) is 0 Å². The van der Waals surface area contributed by atoms with Crippen LogP contribution in [0.3, 0.4) is 0 Å². The fraction of sp³-hybridized carbons (Fsp3) is 0.200. The Morgan fingerprint density at radius 2 is 1.38 bits per heavy atom. The first kappa shape index (κ1) is 18.6. The van der Waals surface area contributed by atoms with Crippen LogP contribution in [0.1, 0.15) is 12.8 Å². The molecule has 0 radical (unpaired) electrons. The largest absolute Gasteiger partial charge is 0.399 e. The zero-order valence-corrected chi connectivity index (χ0v) is 15.8. The molecule has 2 aromatic rings. The molecule has 2 aromatic carbocycles. The van der Waals surface area contributed by atoms with Crippen LogP contribution in [-0.2, 0) is 22.2 Å². The molecule has 0 heterocycles. The summed E-state index contributed by atoms with van der Waals surface area (Å²) in [4.78, 5) is 0. The predicted octanol–water partition coefficient (Wildman–Crippen LogP) is 4.32. The van der Waals surface area contributed by atoms with Crippen LogP contribution in [0.5, 0.6) is 11.5 Å². The highest BCUT2D eigenvalue weighted by Gasteiger charge is 2.54. The Morgan fingerprint density at radius 3 is 1.77 bits per heavy atom. The van der Waals surface area contributed by atoms with Gasteiger partial charge in [0, 0.05) is 6.42 Å². The Balaban J connectivity index is 1.89. The van der Waals surface area contributed by atoms with Crippen LogP contribution in [-0.4, -0.2) is 12.5 Å². The zero-order valence-electron chi connectivity index (χ0n) is 14.2. The molecule has 0 spiro atoms. The zero-order chi connectivity index (χ0) is 18.6. The lowest BCUT2D eigenvalue weighted by atomic mass is 10.1. The first-order valence-electron chi connectivity index (χ1n) is 8.16. The van der Waals surface area contributed by atoms with Gasteiger partial charge in [0.05, 0.1) is 0 Å². The van der Waals surface area contributed by atoms with E-state index in [1.807, 2.05) is 12.1 Å². The van der Waals surface area contributed by atoms with Gasteiger partial charge in [0.25, 0.3) is 0 Å². The van der Waals surface area contributed by atoms with E-state index < -0.39 is 26.2 Å². The van der Waals surface area contributed by atoms with Crippen molar-refractivity contribution in [2.45, 2.75) is 16.9 Å². The summed E-state index contributed by atoms with van der Waals surface area (Å²) in [6.45, 7) is 7.83. The lowest BCUT2D eigenvalue weighted by Crippen LogP contribution is -2.41. The highest BCUT2D eigenvalue weighted by molar-refractivity contribution is 8.00. The number of benzene rings is 2. The van der Waals surface area contributed by atoms with E-state index in [-0.39, 0.29) is 12.3 Å². The third kappa shape index (κ3) is 3.81.